The molecule has 0 aromatic heterocycles. The van der Waals surface area contributed by atoms with Crippen LogP contribution < -0.4 is 4.90 Å². The van der Waals surface area contributed by atoms with Gasteiger partial charge in [0.15, 0.2) is 0 Å². The van der Waals surface area contributed by atoms with E-state index in [-0.39, 0.29) is 18.1 Å². The fourth-order valence-electron chi connectivity index (χ4n) is 2.09. The van der Waals surface area contributed by atoms with E-state index in [1.54, 1.807) is 11.0 Å². The largest absolute Gasteiger partial charge is 0.363 e. The molecule has 2 bridgehead atoms. The van der Waals surface area contributed by atoms with Crippen LogP contribution in [0.5, 0.6) is 0 Å². The zero-order chi connectivity index (χ0) is 10.4. The summed E-state index contributed by atoms with van der Waals surface area (Å²) in [4.78, 5) is 13.6. The van der Waals surface area contributed by atoms with E-state index in [1.165, 1.54) is 0 Å². The van der Waals surface area contributed by atoms with Crippen molar-refractivity contribution in [2.45, 2.75) is 18.6 Å². The van der Waals surface area contributed by atoms with Gasteiger partial charge in [-0.3, -0.25) is 4.79 Å². The minimum absolute atomic E-state index is 0.0330. The van der Waals surface area contributed by atoms with Gasteiger partial charge in [0.1, 0.15) is 6.10 Å². The first-order valence-electron chi connectivity index (χ1n) is 4.97. The van der Waals surface area contributed by atoms with Gasteiger partial charge >= 0.3 is 0 Å². The molecule has 1 amide bonds. The van der Waals surface area contributed by atoms with E-state index in [0.29, 0.717) is 11.6 Å². The summed E-state index contributed by atoms with van der Waals surface area (Å²) in [6.45, 7) is 0.624. The molecular weight excluding hydrogens is 214 g/mol. The highest BCUT2D eigenvalue weighted by molar-refractivity contribution is 6.33. The summed E-state index contributed by atoms with van der Waals surface area (Å²) in [7, 11) is 0. The predicted molar refractivity (Wildman–Crippen MR) is 57.1 cm³/mol. The molecule has 1 aromatic rings. The summed E-state index contributed by atoms with van der Waals surface area (Å²) in [5.74, 6) is 0.0330. The maximum absolute atomic E-state index is 11.9. The van der Waals surface area contributed by atoms with E-state index < -0.39 is 0 Å². The highest BCUT2D eigenvalue weighted by Gasteiger charge is 2.45. The number of para-hydroxylation sites is 1. The van der Waals surface area contributed by atoms with Gasteiger partial charge < -0.3 is 9.64 Å². The van der Waals surface area contributed by atoms with Crippen LogP contribution in [0.3, 0.4) is 0 Å². The van der Waals surface area contributed by atoms with Gasteiger partial charge in [-0.2, -0.15) is 0 Å². The van der Waals surface area contributed by atoms with E-state index in [4.69, 9.17) is 16.3 Å². The fourth-order valence-corrected chi connectivity index (χ4v) is 2.33. The summed E-state index contributed by atoms with van der Waals surface area (Å²) in [5.41, 5.74) is 0.794. The lowest BCUT2D eigenvalue weighted by atomic mass is 9.97. The second-order valence-electron chi connectivity index (χ2n) is 3.88. The molecule has 0 radical (unpaired) electrons. The molecule has 3 nitrogen and oxygen atoms in total. The number of nitrogens with zero attached hydrogens (tertiary/aromatic N) is 1. The molecule has 0 N–H and O–H groups in total. The first-order valence-corrected chi connectivity index (χ1v) is 5.35. The molecule has 0 spiro atoms. The smallest absolute Gasteiger partial charge is 0.256 e. The minimum Gasteiger partial charge on any atom is -0.363 e. The van der Waals surface area contributed by atoms with Crippen molar-refractivity contribution in [3.8, 4) is 0 Å². The Morgan fingerprint density at radius 1 is 1.40 bits per heavy atom. The standard InChI is InChI=1S/C11H10ClNO2/c12-8-3-1-2-4-9(8)13-6-7-5-10(15-7)11(13)14/h1-4,7,10H,5-6H2. The van der Waals surface area contributed by atoms with Gasteiger partial charge in [-0.25, -0.2) is 0 Å². The number of fused-ring (bicyclic) bond motifs is 2. The molecule has 0 saturated carbocycles. The third kappa shape index (κ3) is 1.34. The normalized spacial score (nSPS) is 28.9. The Kier molecular flexibility index (Phi) is 1.97. The Labute approximate surface area is 92.6 Å². The van der Waals surface area contributed by atoms with Crippen LogP contribution in [0.15, 0.2) is 24.3 Å². The number of carbonyl (C=O) groups excluding carboxylic acids is 1. The Hall–Kier alpha value is -1.06. The average molecular weight is 224 g/mol. The molecule has 2 atom stereocenters. The number of piperidine rings is 1. The molecule has 3 heterocycles. The lowest BCUT2D eigenvalue weighted by molar-refractivity contribution is -0.169. The molecule has 4 rings (SSSR count). The van der Waals surface area contributed by atoms with Gasteiger partial charge in [0.25, 0.3) is 5.91 Å². The van der Waals surface area contributed by atoms with Crippen molar-refractivity contribution in [3.05, 3.63) is 29.3 Å². The highest BCUT2D eigenvalue weighted by atomic mass is 35.5. The van der Waals surface area contributed by atoms with Crippen LogP contribution in [0, 0.1) is 0 Å². The van der Waals surface area contributed by atoms with Crippen molar-refractivity contribution >= 4 is 23.2 Å². The Balaban J connectivity index is 1.94. The van der Waals surface area contributed by atoms with Gasteiger partial charge in [-0.15, -0.1) is 0 Å². The second-order valence-corrected chi connectivity index (χ2v) is 4.29. The van der Waals surface area contributed by atoms with Crippen LogP contribution in [0.2, 0.25) is 5.02 Å². The van der Waals surface area contributed by atoms with E-state index in [2.05, 4.69) is 0 Å². The van der Waals surface area contributed by atoms with Crippen molar-refractivity contribution in [2.24, 2.45) is 0 Å². The number of halogens is 1. The zero-order valence-electron chi connectivity index (χ0n) is 8.02. The Morgan fingerprint density at radius 2 is 2.13 bits per heavy atom. The lowest BCUT2D eigenvalue weighted by Crippen LogP contribution is -2.61. The van der Waals surface area contributed by atoms with Gasteiger partial charge in [-0.05, 0) is 12.1 Å². The van der Waals surface area contributed by atoms with Crippen LogP contribution in [0.4, 0.5) is 5.69 Å². The molecule has 15 heavy (non-hydrogen) atoms. The molecule has 1 aromatic carbocycles. The zero-order valence-corrected chi connectivity index (χ0v) is 8.78. The number of rotatable bonds is 1. The second kappa shape index (κ2) is 3.22. The monoisotopic (exact) mass is 223 g/mol. The van der Waals surface area contributed by atoms with Gasteiger partial charge in [0.2, 0.25) is 0 Å². The van der Waals surface area contributed by atoms with Gasteiger partial charge in [0, 0.05) is 6.42 Å². The number of hydrogen-bond donors (Lipinski definition) is 0. The highest BCUT2D eigenvalue weighted by Crippen LogP contribution is 2.35. The summed E-state index contributed by atoms with van der Waals surface area (Å²) in [5, 5.41) is 0.618. The number of carbonyl (C=O) groups is 1. The molecule has 3 aliphatic heterocycles. The van der Waals surface area contributed by atoms with E-state index >= 15 is 0 Å². The first kappa shape index (κ1) is 9.19. The molecule has 3 saturated heterocycles. The van der Waals surface area contributed by atoms with Crippen LogP contribution in [-0.2, 0) is 9.53 Å². The number of ether oxygens (including phenoxy) is 1. The van der Waals surface area contributed by atoms with Crippen molar-refractivity contribution in [2.75, 3.05) is 11.4 Å². The van der Waals surface area contributed by atoms with Crippen molar-refractivity contribution in [1.82, 2.24) is 0 Å². The molecule has 4 heteroatoms. The Bertz CT molecular complexity index is 415. The molecule has 0 aliphatic carbocycles. The number of hydrogen-bond acceptors (Lipinski definition) is 2. The number of anilines is 1. The van der Waals surface area contributed by atoms with Crippen molar-refractivity contribution < 1.29 is 9.53 Å². The summed E-state index contributed by atoms with van der Waals surface area (Å²) in [6, 6.07) is 7.41. The van der Waals surface area contributed by atoms with E-state index in [9.17, 15) is 4.79 Å². The third-order valence-corrected chi connectivity index (χ3v) is 3.22. The maximum Gasteiger partial charge on any atom is 0.256 e. The quantitative estimate of drug-likeness (QED) is 0.727. The average Bonchev–Trinajstić information content (AvgIpc) is 2.17. The summed E-state index contributed by atoms with van der Waals surface area (Å²) >= 11 is 6.05. The SMILES string of the molecule is O=C1C2CC(CN1c1ccccc1Cl)O2. The predicted octanol–water partition coefficient (Wildman–Crippen LogP) is 1.84. The third-order valence-electron chi connectivity index (χ3n) is 2.90. The van der Waals surface area contributed by atoms with Crippen LogP contribution in [0.1, 0.15) is 6.42 Å². The lowest BCUT2D eigenvalue weighted by Gasteiger charge is -2.46. The number of benzene rings is 1. The Morgan fingerprint density at radius 3 is 2.80 bits per heavy atom. The molecule has 3 fully saturated rings. The number of amides is 1. The minimum atomic E-state index is -0.236. The van der Waals surface area contributed by atoms with E-state index in [1.807, 2.05) is 18.2 Å². The van der Waals surface area contributed by atoms with Crippen molar-refractivity contribution in [3.63, 3.8) is 0 Å². The van der Waals surface area contributed by atoms with Crippen LogP contribution in [0.25, 0.3) is 0 Å². The number of morpholine rings is 1. The van der Waals surface area contributed by atoms with Crippen LogP contribution in [-0.4, -0.2) is 24.7 Å². The van der Waals surface area contributed by atoms with Crippen LogP contribution >= 0.6 is 11.6 Å². The molecule has 78 valence electrons. The topological polar surface area (TPSA) is 29.5 Å². The van der Waals surface area contributed by atoms with Crippen molar-refractivity contribution in [1.29, 1.82) is 0 Å². The molecule has 3 aliphatic rings. The van der Waals surface area contributed by atoms with Gasteiger partial charge in [0.05, 0.1) is 23.4 Å². The molecule has 2 unspecified atom stereocenters. The summed E-state index contributed by atoms with van der Waals surface area (Å²) < 4.78 is 5.34. The van der Waals surface area contributed by atoms with E-state index in [0.717, 1.165) is 12.1 Å². The fraction of sp³-hybridized carbons (Fsp3) is 0.364. The first-order chi connectivity index (χ1) is 7.25. The summed E-state index contributed by atoms with van der Waals surface area (Å²) in [6.07, 6.45) is 0.823. The maximum atomic E-state index is 11.9. The van der Waals surface area contributed by atoms with Gasteiger partial charge in [-0.1, -0.05) is 23.7 Å². The molecular formula is C11H10ClNO2.